The van der Waals surface area contributed by atoms with Crippen molar-refractivity contribution in [2.75, 3.05) is 29.6 Å². The number of aromatic nitrogens is 2. The van der Waals surface area contributed by atoms with Crippen LogP contribution in [0.15, 0.2) is 52.1 Å². The minimum atomic E-state index is -0.649. The van der Waals surface area contributed by atoms with Gasteiger partial charge in [0.1, 0.15) is 17.3 Å². The number of anilines is 3. The molecule has 0 bridgehead atoms. The van der Waals surface area contributed by atoms with Gasteiger partial charge in [0.05, 0.1) is 19.3 Å². The zero-order chi connectivity index (χ0) is 25.5. The first-order valence-electron chi connectivity index (χ1n) is 11.3. The van der Waals surface area contributed by atoms with Crippen molar-refractivity contribution in [1.82, 2.24) is 9.55 Å². The van der Waals surface area contributed by atoms with Crippen molar-refractivity contribution < 1.29 is 9.53 Å². The molecule has 0 aliphatic carbocycles. The summed E-state index contributed by atoms with van der Waals surface area (Å²) in [7, 11) is 1.48. The number of amides is 1. The van der Waals surface area contributed by atoms with Gasteiger partial charge in [-0.2, -0.15) is 0 Å². The quantitative estimate of drug-likeness (QED) is 0.392. The number of carbonyl (C=O) groups excluding carboxylic acids is 1. The van der Waals surface area contributed by atoms with Crippen LogP contribution in [0.2, 0.25) is 5.02 Å². The van der Waals surface area contributed by atoms with Crippen LogP contribution in [0.1, 0.15) is 30.9 Å². The lowest BCUT2D eigenvalue weighted by Gasteiger charge is -2.26. The van der Waals surface area contributed by atoms with Gasteiger partial charge in [-0.1, -0.05) is 55.3 Å². The molecule has 3 aromatic rings. The van der Waals surface area contributed by atoms with Crippen LogP contribution in [0, 0.1) is 6.92 Å². The Labute approximate surface area is 208 Å². The molecule has 0 saturated heterocycles. The van der Waals surface area contributed by atoms with Crippen LogP contribution >= 0.6 is 11.6 Å². The summed E-state index contributed by atoms with van der Waals surface area (Å²) in [4.78, 5) is 42.3. The number of nitrogens with one attached hydrogen (secondary N) is 2. The SMILES string of the molecule is CCCCn1c(N)c(N(CC(=O)Nc2cc(C)c(Cl)cc2OC)Cc2ccccc2)c(=O)[nH]c1=O. The Hall–Kier alpha value is -3.72. The van der Waals surface area contributed by atoms with E-state index >= 15 is 0 Å². The predicted octanol–water partition coefficient (Wildman–Crippen LogP) is 3.53. The van der Waals surface area contributed by atoms with E-state index in [1.165, 1.54) is 11.7 Å². The van der Waals surface area contributed by atoms with Gasteiger partial charge in [-0.3, -0.25) is 19.1 Å². The molecule has 0 unspecified atom stereocenters. The highest BCUT2D eigenvalue weighted by molar-refractivity contribution is 6.31. The molecule has 4 N–H and O–H groups in total. The third-order valence-electron chi connectivity index (χ3n) is 5.57. The number of halogens is 1. The van der Waals surface area contributed by atoms with Crippen LogP contribution in [-0.4, -0.2) is 29.1 Å². The summed E-state index contributed by atoms with van der Waals surface area (Å²) in [5.74, 6) is 0.0379. The highest BCUT2D eigenvalue weighted by Gasteiger charge is 2.22. The average Bonchev–Trinajstić information content (AvgIpc) is 2.81. The second kappa shape index (κ2) is 11.6. The Balaban J connectivity index is 1.99. The molecule has 0 saturated carbocycles. The average molecular weight is 500 g/mol. The van der Waals surface area contributed by atoms with Gasteiger partial charge < -0.3 is 20.7 Å². The zero-order valence-electron chi connectivity index (χ0n) is 20.1. The minimum Gasteiger partial charge on any atom is -0.495 e. The van der Waals surface area contributed by atoms with Gasteiger partial charge in [0.2, 0.25) is 5.91 Å². The molecule has 0 aliphatic heterocycles. The summed E-state index contributed by atoms with van der Waals surface area (Å²) >= 11 is 6.17. The van der Waals surface area contributed by atoms with Gasteiger partial charge in [-0.05, 0) is 30.5 Å². The Bertz CT molecular complexity index is 1300. The van der Waals surface area contributed by atoms with Crippen molar-refractivity contribution >= 4 is 34.7 Å². The largest absolute Gasteiger partial charge is 0.495 e. The molecule has 1 amide bonds. The second-order valence-corrected chi connectivity index (χ2v) is 8.60. The fraction of sp³-hybridized carbons (Fsp3) is 0.320. The van der Waals surface area contributed by atoms with Crippen molar-refractivity contribution in [3.63, 3.8) is 0 Å². The fourth-order valence-corrected chi connectivity index (χ4v) is 3.89. The van der Waals surface area contributed by atoms with Gasteiger partial charge in [0, 0.05) is 24.2 Å². The molecule has 0 atom stereocenters. The summed E-state index contributed by atoms with van der Waals surface area (Å²) in [6, 6.07) is 12.7. The summed E-state index contributed by atoms with van der Waals surface area (Å²) in [6.45, 7) is 4.20. The Kier molecular flexibility index (Phi) is 8.59. The molecule has 9 nitrogen and oxygen atoms in total. The van der Waals surface area contributed by atoms with E-state index in [0.717, 1.165) is 17.5 Å². The number of nitrogens with zero attached hydrogens (tertiary/aromatic N) is 2. The van der Waals surface area contributed by atoms with E-state index in [-0.39, 0.29) is 24.6 Å². The molecule has 10 heteroatoms. The van der Waals surface area contributed by atoms with Gasteiger partial charge in [-0.15, -0.1) is 0 Å². The first kappa shape index (κ1) is 25.9. The second-order valence-electron chi connectivity index (χ2n) is 8.19. The van der Waals surface area contributed by atoms with Gasteiger partial charge in [0.25, 0.3) is 5.56 Å². The molecule has 2 aromatic carbocycles. The van der Waals surface area contributed by atoms with Gasteiger partial charge in [-0.25, -0.2) is 4.79 Å². The Morgan fingerprint density at radius 2 is 1.94 bits per heavy atom. The van der Waals surface area contributed by atoms with E-state index in [9.17, 15) is 14.4 Å². The number of rotatable bonds is 10. The van der Waals surface area contributed by atoms with Gasteiger partial charge >= 0.3 is 5.69 Å². The van der Waals surface area contributed by atoms with Crippen molar-refractivity contribution in [3.8, 4) is 5.75 Å². The van der Waals surface area contributed by atoms with Crippen molar-refractivity contribution in [2.24, 2.45) is 0 Å². The maximum atomic E-state index is 13.1. The number of benzene rings is 2. The molecular formula is C25H30ClN5O4. The molecule has 186 valence electrons. The third kappa shape index (κ3) is 6.24. The molecule has 0 spiro atoms. The summed E-state index contributed by atoms with van der Waals surface area (Å²) in [6.07, 6.45) is 1.56. The number of hydrogen-bond acceptors (Lipinski definition) is 6. The van der Waals surface area contributed by atoms with Crippen molar-refractivity contribution in [2.45, 2.75) is 39.8 Å². The van der Waals surface area contributed by atoms with Gasteiger partial charge in [0.15, 0.2) is 0 Å². The lowest BCUT2D eigenvalue weighted by Crippen LogP contribution is -2.41. The van der Waals surface area contributed by atoms with Crippen LogP contribution < -0.4 is 31.9 Å². The molecule has 1 aromatic heterocycles. The van der Waals surface area contributed by atoms with E-state index in [0.29, 0.717) is 29.4 Å². The first-order valence-corrected chi connectivity index (χ1v) is 11.7. The zero-order valence-corrected chi connectivity index (χ0v) is 20.8. The number of nitrogens with two attached hydrogens (primary N) is 1. The Morgan fingerprint density at radius 1 is 1.23 bits per heavy atom. The highest BCUT2D eigenvalue weighted by Crippen LogP contribution is 2.31. The van der Waals surface area contributed by atoms with E-state index in [2.05, 4.69) is 10.3 Å². The summed E-state index contributed by atoms with van der Waals surface area (Å²) in [5.41, 5.74) is 7.26. The number of unbranched alkanes of at least 4 members (excludes halogenated alkanes) is 1. The van der Waals surface area contributed by atoms with E-state index in [4.69, 9.17) is 22.1 Å². The van der Waals surface area contributed by atoms with Crippen molar-refractivity contribution in [1.29, 1.82) is 0 Å². The fourth-order valence-electron chi connectivity index (χ4n) is 3.73. The molecule has 0 aliphatic rings. The maximum Gasteiger partial charge on any atom is 0.330 e. The van der Waals surface area contributed by atoms with Crippen molar-refractivity contribution in [3.05, 3.63) is 79.5 Å². The maximum absolute atomic E-state index is 13.1. The van der Waals surface area contributed by atoms with E-state index < -0.39 is 17.2 Å². The van der Waals surface area contributed by atoms with E-state index in [1.807, 2.05) is 44.2 Å². The molecule has 0 fully saturated rings. The molecule has 3 rings (SSSR count). The summed E-state index contributed by atoms with van der Waals surface area (Å²) in [5, 5.41) is 3.34. The lowest BCUT2D eigenvalue weighted by molar-refractivity contribution is -0.115. The monoisotopic (exact) mass is 499 g/mol. The number of ether oxygens (including phenoxy) is 1. The minimum absolute atomic E-state index is 0.0239. The number of methoxy groups -OCH3 is 1. The smallest absolute Gasteiger partial charge is 0.330 e. The number of aryl methyl sites for hydroxylation is 1. The number of nitrogen functional groups attached to an aromatic ring is 1. The number of H-pyrrole nitrogens is 1. The number of carbonyl (C=O) groups is 1. The van der Waals surface area contributed by atoms with Crippen LogP contribution in [0.4, 0.5) is 17.2 Å². The standard InChI is InChI=1S/C25H30ClN5O4/c1-4-5-11-31-23(27)22(24(33)29-25(31)34)30(14-17-9-7-6-8-10-17)15-21(32)28-19-12-16(2)18(26)13-20(19)35-3/h6-10,12-13H,4-5,11,14-15,27H2,1-3H3,(H,28,32)(H,29,33,34). The van der Waals surface area contributed by atoms with Crippen LogP contribution in [0.3, 0.4) is 0 Å². The number of aromatic amines is 1. The number of hydrogen-bond donors (Lipinski definition) is 3. The highest BCUT2D eigenvalue weighted by atomic mass is 35.5. The molecule has 35 heavy (non-hydrogen) atoms. The topological polar surface area (TPSA) is 122 Å². The third-order valence-corrected chi connectivity index (χ3v) is 5.98. The molecule has 0 radical (unpaired) electrons. The van der Waals surface area contributed by atoms with Crippen LogP contribution in [0.25, 0.3) is 0 Å². The lowest BCUT2D eigenvalue weighted by atomic mass is 10.2. The van der Waals surface area contributed by atoms with E-state index in [1.54, 1.807) is 17.0 Å². The Morgan fingerprint density at radius 3 is 2.60 bits per heavy atom. The summed E-state index contributed by atoms with van der Waals surface area (Å²) < 4.78 is 6.68. The molecule has 1 heterocycles. The normalized spacial score (nSPS) is 10.7. The first-order chi connectivity index (χ1) is 16.7. The predicted molar refractivity (Wildman–Crippen MR) is 140 cm³/mol. The molecular weight excluding hydrogens is 470 g/mol. The van der Waals surface area contributed by atoms with Crippen LogP contribution in [0.5, 0.6) is 5.75 Å². The van der Waals surface area contributed by atoms with Crippen LogP contribution in [-0.2, 0) is 17.9 Å².